The van der Waals surface area contributed by atoms with Crippen molar-refractivity contribution in [1.29, 1.82) is 0 Å². The molecule has 1 heterocycles. The SMILES string of the molecule is CN(C)c1ccc(N2CCN(Cc3ccccc3)CC2)cc1. The van der Waals surface area contributed by atoms with E-state index in [1.54, 1.807) is 0 Å². The van der Waals surface area contributed by atoms with Crippen molar-refractivity contribution in [3.63, 3.8) is 0 Å². The molecule has 2 aromatic rings. The second-order valence-corrected chi connectivity index (χ2v) is 6.16. The van der Waals surface area contributed by atoms with Crippen LogP contribution in [0, 0.1) is 0 Å². The molecule has 0 atom stereocenters. The molecule has 0 N–H and O–H groups in total. The summed E-state index contributed by atoms with van der Waals surface area (Å²) in [6.07, 6.45) is 0. The summed E-state index contributed by atoms with van der Waals surface area (Å²) in [5, 5.41) is 0. The van der Waals surface area contributed by atoms with Crippen LogP contribution in [-0.4, -0.2) is 45.2 Å². The smallest absolute Gasteiger partial charge is 0.0368 e. The lowest BCUT2D eigenvalue weighted by Crippen LogP contribution is -2.45. The topological polar surface area (TPSA) is 9.72 Å². The Morgan fingerprint density at radius 2 is 1.45 bits per heavy atom. The van der Waals surface area contributed by atoms with Gasteiger partial charge >= 0.3 is 0 Å². The van der Waals surface area contributed by atoms with Crippen molar-refractivity contribution >= 4 is 11.4 Å². The molecule has 2 aromatic carbocycles. The number of benzene rings is 2. The van der Waals surface area contributed by atoms with Crippen molar-refractivity contribution in [2.24, 2.45) is 0 Å². The first-order chi connectivity index (χ1) is 10.7. The van der Waals surface area contributed by atoms with Gasteiger partial charge in [0.15, 0.2) is 0 Å². The van der Waals surface area contributed by atoms with Gasteiger partial charge in [0.2, 0.25) is 0 Å². The van der Waals surface area contributed by atoms with Gasteiger partial charge < -0.3 is 9.80 Å². The lowest BCUT2D eigenvalue weighted by molar-refractivity contribution is 0.250. The molecule has 0 radical (unpaired) electrons. The van der Waals surface area contributed by atoms with Crippen LogP contribution in [0.1, 0.15) is 5.56 Å². The number of hydrogen-bond acceptors (Lipinski definition) is 3. The summed E-state index contributed by atoms with van der Waals surface area (Å²) >= 11 is 0. The molecule has 1 aliphatic heterocycles. The van der Waals surface area contributed by atoms with Crippen molar-refractivity contribution in [1.82, 2.24) is 4.90 Å². The molecule has 22 heavy (non-hydrogen) atoms. The second kappa shape index (κ2) is 6.84. The van der Waals surface area contributed by atoms with E-state index in [0.717, 1.165) is 32.7 Å². The van der Waals surface area contributed by atoms with Gasteiger partial charge in [0.25, 0.3) is 0 Å². The molecule has 3 nitrogen and oxygen atoms in total. The molecule has 116 valence electrons. The zero-order valence-corrected chi connectivity index (χ0v) is 13.6. The van der Waals surface area contributed by atoms with Crippen LogP contribution in [0.25, 0.3) is 0 Å². The highest BCUT2D eigenvalue weighted by Gasteiger charge is 2.17. The normalized spacial score (nSPS) is 15.8. The van der Waals surface area contributed by atoms with Crippen LogP contribution in [0.5, 0.6) is 0 Å². The Labute approximate surface area is 133 Å². The fourth-order valence-electron chi connectivity index (χ4n) is 2.97. The van der Waals surface area contributed by atoms with Crippen LogP contribution >= 0.6 is 0 Å². The quantitative estimate of drug-likeness (QED) is 0.858. The molecule has 1 fully saturated rings. The first-order valence-corrected chi connectivity index (χ1v) is 8.01. The monoisotopic (exact) mass is 295 g/mol. The minimum atomic E-state index is 1.06. The highest BCUT2D eigenvalue weighted by atomic mass is 15.3. The Hall–Kier alpha value is -2.00. The van der Waals surface area contributed by atoms with Crippen molar-refractivity contribution in [2.75, 3.05) is 50.1 Å². The minimum Gasteiger partial charge on any atom is -0.378 e. The van der Waals surface area contributed by atoms with E-state index < -0.39 is 0 Å². The lowest BCUT2D eigenvalue weighted by Gasteiger charge is -2.36. The first-order valence-electron chi connectivity index (χ1n) is 8.01. The third-order valence-electron chi connectivity index (χ3n) is 4.35. The zero-order chi connectivity index (χ0) is 15.4. The Kier molecular flexibility index (Phi) is 4.64. The molecular weight excluding hydrogens is 270 g/mol. The average molecular weight is 295 g/mol. The molecule has 1 saturated heterocycles. The Morgan fingerprint density at radius 1 is 0.818 bits per heavy atom. The maximum atomic E-state index is 2.54. The van der Waals surface area contributed by atoms with Gasteiger partial charge in [0.05, 0.1) is 0 Å². The molecule has 0 saturated carbocycles. The summed E-state index contributed by atoms with van der Waals surface area (Å²) < 4.78 is 0. The van der Waals surface area contributed by atoms with E-state index in [-0.39, 0.29) is 0 Å². The maximum Gasteiger partial charge on any atom is 0.0368 e. The van der Waals surface area contributed by atoms with Gasteiger partial charge in [0.1, 0.15) is 0 Å². The third-order valence-corrected chi connectivity index (χ3v) is 4.35. The highest BCUT2D eigenvalue weighted by Crippen LogP contribution is 2.21. The summed E-state index contributed by atoms with van der Waals surface area (Å²) in [7, 11) is 4.16. The van der Waals surface area contributed by atoms with Crippen molar-refractivity contribution in [3.8, 4) is 0 Å². The third kappa shape index (κ3) is 3.60. The molecule has 3 rings (SSSR count). The molecule has 0 amide bonds. The van der Waals surface area contributed by atoms with E-state index in [9.17, 15) is 0 Å². The fraction of sp³-hybridized carbons (Fsp3) is 0.368. The summed E-state index contributed by atoms with van der Waals surface area (Å²) in [6, 6.07) is 19.6. The largest absolute Gasteiger partial charge is 0.378 e. The molecule has 0 bridgehead atoms. The van der Waals surface area contributed by atoms with Gasteiger partial charge in [-0.3, -0.25) is 4.90 Å². The summed E-state index contributed by atoms with van der Waals surface area (Å²) in [5.41, 5.74) is 4.00. The fourth-order valence-corrected chi connectivity index (χ4v) is 2.97. The molecule has 0 unspecified atom stereocenters. The van der Waals surface area contributed by atoms with Crippen LogP contribution in [-0.2, 0) is 6.54 Å². The van der Waals surface area contributed by atoms with Crippen molar-refractivity contribution in [3.05, 3.63) is 60.2 Å². The Morgan fingerprint density at radius 3 is 2.05 bits per heavy atom. The molecule has 3 heteroatoms. The number of piperazine rings is 1. The predicted molar refractivity (Wildman–Crippen MR) is 94.7 cm³/mol. The second-order valence-electron chi connectivity index (χ2n) is 6.16. The van der Waals surface area contributed by atoms with Gasteiger partial charge in [-0.2, -0.15) is 0 Å². The summed E-state index contributed by atoms with van der Waals surface area (Å²) in [5.74, 6) is 0. The van der Waals surface area contributed by atoms with Gasteiger partial charge in [0, 0.05) is 58.2 Å². The van der Waals surface area contributed by atoms with Crippen LogP contribution < -0.4 is 9.80 Å². The molecular formula is C19H25N3. The van der Waals surface area contributed by atoms with Crippen LogP contribution in [0.2, 0.25) is 0 Å². The molecule has 0 aromatic heterocycles. The Bertz CT molecular complexity index is 569. The van der Waals surface area contributed by atoms with Crippen molar-refractivity contribution in [2.45, 2.75) is 6.54 Å². The predicted octanol–water partition coefficient (Wildman–Crippen LogP) is 3.07. The number of hydrogen-bond donors (Lipinski definition) is 0. The van der Waals surface area contributed by atoms with E-state index in [4.69, 9.17) is 0 Å². The molecule has 0 spiro atoms. The number of nitrogens with zero attached hydrogens (tertiary/aromatic N) is 3. The molecule has 0 aliphatic carbocycles. The summed E-state index contributed by atoms with van der Waals surface area (Å²) in [6.45, 7) is 5.53. The maximum absolute atomic E-state index is 2.54. The van der Waals surface area contributed by atoms with Gasteiger partial charge in [-0.15, -0.1) is 0 Å². The minimum absolute atomic E-state index is 1.06. The van der Waals surface area contributed by atoms with Crippen LogP contribution in [0.15, 0.2) is 54.6 Å². The number of rotatable bonds is 4. The van der Waals surface area contributed by atoms with Gasteiger partial charge in [-0.1, -0.05) is 30.3 Å². The van der Waals surface area contributed by atoms with Gasteiger partial charge in [-0.25, -0.2) is 0 Å². The van der Waals surface area contributed by atoms with E-state index in [1.807, 2.05) is 0 Å². The van der Waals surface area contributed by atoms with E-state index >= 15 is 0 Å². The summed E-state index contributed by atoms with van der Waals surface area (Å²) in [4.78, 5) is 7.17. The Balaban J connectivity index is 1.55. The highest BCUT2D eigenvalue weighted by molar-refractivity contribution is 5.56. The van der Waals surface area contributed by atoms with Crippen molar-refractivity contribution < 1.29 is 0 Å². The average Bonchev–Trinajstić information content (AvgIpc) is 2.57. The van der Waals surface area contributed by atoms with E-state index in [2.05, 4.69) is 83.4 Å². The standard InChI is InChI=1S/C19H25N3/c1-20(2)18-8-10-19(11-9-18)22-14-12-21(13-15-22)16-17-6-4-3-5-7-17/h3-11H,12-16H2,1-2H3. The van der Waals surface area contributed by atoms with E-state index in [1.165, 1.54) is 16.9 Å². The van der Waals surface area contributed by atoms with Crippen LogP contribution in [0.3, 0.4) is 0 Å². The number of anilines is 2. The van der Waals surface area contributed by atoms with E-state index in [0.29, 0.717) is 0 Å². The first kappa shape index (κ1) is 14.9. The molecule has 1 aliphatic rings. The van der Waals surface area contributed by atoms with Crippen LogP contribution in [0.4, 0.5) is 11.4 Å². The van der Waals surface area contributed by atoms with Gasteiger partial charge in [-0.05, 0) is 29.8 Å². The lowest BCUT2D eigenvalue weighted by atomic mass is 10.2. The zero-order valence-electron chi connectivity index (χ0n) is 13.6.